The zero-order chi connectivity index (χ0) is 15.2. The van der Waals surface area contributed by atoms with Gasteiger partial charge in [-0.15, -0.1) is 0 Å². The largest absolute Gasteiger partial charge is 0.497 e. The van der Waals surface area contributed by atoms with Crippen molar-refractivity contribution in [3.8, 4) is 5.75 Å². The molecule has 2 amide bonds. The lowest BCUT2D eigenvalue weighted by molar-refractivity contribution is -0.140. The van der Waals surface area contributed by atoms with E-state index in [0.29, 0.717) is 19.5 Å². The van der Waals surface area contributed by atoms with Crippen LogP contribution in [0.5, 0.6) is 5.75 Å². The molecular formula is C16H20N2O3. The molecule has 1 saturated heterocycles. The summed E-state index contributed by atoms with van der Waals surface area (Å²) in [5.74, 6) is 0.528. The molecule has 0 radical (unpaired) electrons. The molecule has 1 N–H and O–H groups in total. The van der Waals surface area contributed by atoms with Crippen LogP contribution in [0.15, 0.2) is 30.3 Å². The van der Waals surface area contributed by atoms with Crippen molar-refractivity contribution in [1.29, 1.82) is 0 Å². The number of hydrogen-bond donors (Lipinski definition) is 1. The van der Waals surface area contributed by atoms with Crippen LogP contribution >= 0.6 is 0 Å². The van der Waals surface area contributed by atoms with Gasteiger partial charge in [0, 0.05) is 19.2 Å². The number of nitrogens with one attached hydrogen (secondary N) is 1. The van der Waals surface area contributed by atoms with Crippen LogP contribution in [0, 0.1) is 0 Å². The van der Waals surface area contributed by atoms with Gasteiger partial charge < -0.3 is 15.0 Å². The highest BCUT2D eigenvalue weighted by Crippen LogP contribution is 2.15. The van der Waals surface area contributed by atoms with Gasteiger partial charge in [0.1, 0.15) is 11.8 Å². The summed E-state index contributed by atoms with van der Waals surface area (Å²) in [7, 11) is 1.60. The summed E-state index contributed by atoms with van der Waals surface area (Å²) < 4.78 is 5.14. The van der Waals surface area contributed by atoms with Crippen molar-refractivity contribution in [2.75, 3.05) is 20.2 Å². The fourth-order valence-electron chi connectivity index (χ4n) is 2.39. The van der Waals surface area contributed by atoms with Gasteiger partial charge in [0.15, 0.2) is 0 Å². The van der Waals surface area contributed by atoms with Crippen LogP contribution in [0.4, 0.5) is 0 Å². The predicted molar refractivity (Wildman–Crippen MR) is 80.8 cm³/mol. The van der Waals surface area contributed by atoms with Gasteiger partial charge in [-0.1, -0.05) is 19.1 Å². The number of ether oxygens (including phenoxy) is 1. The Balaban J connectivity index is 2.08. The van der Waals surface area contributed by atoms with Crippen LogP contribution in [0.2, 0.25) is 0 Å². The van der Waals surface area contributed by atoms with E-state index < -0.39 is 0 Å². The van der Waals surface area contributed by atoms with Crippen LogP contribution in [-0.4, -0.2) is 43.0 Å². The molecule has 1 unspecified atom stereocenters. The van der Waals surface area contributed by atoms with Gasteiger partial charge >= 0.3 is 0 Å². The number of hydrogen-bond acceptors (Lipinski definition) is 3. The molecule has 1 atom stereocenters. The minimum atomic E-state index is -0.374. The monoisotopic (exact) mass is 288 g/mol. The Bertz CT molecular complexity index is 554. The fourth-order valence-corrected chi connectivity index (χ4v) is 2.39. The van der Waals surface area contributed by atoms with Crippen LogP contribution in [0.3, 0.4) is 0 Å². The van der Waals surface area contributed by atoms with E-state index in [1.807, 2.05) is 31.2 Å². The summed E-state index contributed by atoms with van der Waals surface area (Å²) in [6.45, 7) is 2.96. The van der Waals surface area contributed by atoms with Gasteiger partial charge in [-0.05, 0) is 30.2 Å². The SMILES string of the molecule is CCC1C(=O)NCCN1C(=O)C=Cc1cccc(OC)c1. The van der Waals surface area contributed by atoms with Crippen LogP contribution in [0.25, 0.3) is 6.08 Å². The highest BCUT2D eigenvalue weighted by molar-refractivity contribution is 5.96. The zero-order valence-electron chi connectivity index (χ0n) is 12.3. The Labute approximate surface area is 124 Å². The lowest BCUT2D eigenvalue weighted by Crippen LogP contribution is -2.56. The highest BCUT2D eigenvalue weighted by Gasteiger charge is 2.30. The van der Waals surface area contributed by atoms with E-state index in [9.17, 15) is 9.59 Å². The van der Waals surface area contributed by atoms with Crippen LogP contribution < -0.4 is 10.1 Å². The van der Waals surface area contributed by atoms with E-state index in [-0.39, 0.29) is 17.9 Å². The molecule has 112 valence electrons. The quantitative estimate of drug-likeness (QED) is 0.853. The first-order valence-corrected chi connectivity index (χ1v) is 7.06. The topological polar surface area (TPSA) is 58.6 Å². The normalized spacial score (nSPS) is 18.7. The molecule has 21 heavy (non-hydrogen) atoms. The molecule has 0 spiro atoms. The Hall–Kier alpha value is -2.30. The van der Waals surface area contributed by atoms with Crippen molar-refractivity contribution in [2.24, 2.45) is 0 Å². The summed E-state index contributed by atoms with van der Waals surface area (Å²) in [4.78, 5) is 25.6. The molecule has 5 heteroatoms. The van der Waals surface area contributed by atoms with E-state index in [1.165, 1.54) is 6.08 Å². The molecule has 0 saturated carbocycles. The van der Waals surface area contributed by atoms with E-state index in [1.54, 1.807) is 18.1 Å². The van der Waals surface area contributed by atoms with E-state index in [4.69, 9.17) is 4.74 Å². The minimum Gasteiger partial charge on any atom is -0.497 e. The Morgan fingerprint density at radius 2 is 2.33 bits per heavy atom. The molecule has 2 rings (SSSR count). The van der Waals surface area contributed by atoms with Crippen molar-refractivity contribution in [1.82, 2.24) is 10.2 Å². The third-order valence-corrected chi connectivity index (χ3v) is 3.51. The first kappa shape index (κ1) is 15.1. The summed E-state index contributed by atoms with van der Waals surface area (Å²) in [5, 5.41) is 2.78. The van der Waals surface area contributed by atoms with E-state index >= 15 is 0 Å². The van der Waals surface area contributed by atoms with Crippen molar-refractivity contribution in [3.05, 3.63) is 35.9 Å². The summed E-state index contributed by atoms with van der Waals surface area (Å²) in [5.41, 5.74) is 0.886. The number of methoxy groups -OCH3 is 1. The number of carbonyl (C=O) groups excluding carboxylic acids is 2. The number of rotatable bonds is 4. The Morgan fingerprint density at radius 1 is 1.52 bits per heavy atom. The van der Waals surface area contributed by atoms with Gasteiger partial charge in [-0.2, -0.15) is 0 Å². The molecule has 0 aliphatic carbocycles. The van der Waals surface area contributed by atoms with Crippen molar-refractivity contribution < 1.29 is 14.3 Å². The Kier molecular flexibility index (Phi) is 4.98. The average molecular weight is 288 g/mol. The summed E-state index contributed by atoms with van der Waals surface area (Å²) >= 11 is 0. The predicted octanol–water partition coefficient (Wildman–Crippen LogP) is 1.45. The third kappa shape index (κ3) is 3.62. The molecular weight excluding hydrogens is 268 g/mol. The van der Waals surface area contributed by atoms with Gasteiger partial charge in [0.25, 0.3) is 0 Å². The van der Waals surface area contributed by atoms with Gasteiger partial charge in [0.2, 0.25) is 11.8 Å². The zero-order valence-corrected chi connectivity index (χ0v) is 12.3. The number of amides is 2. The maximum atomic E-state index is 12.3. The lowest BCUT2D eigenvalue weighted by atomic mass is 10.1. The fraction of sp³-hybridized carbons (Fsp3) is 0.375. The number of benzene rings is 1. The first-order chi connectivity index (χ1) is 10.2. The molecule has 1 aromatic carbocycles. The molecule has 0 bridgehead atoms. The lowest BCUT2D eigenvalue weighted by Gasteiger charge is -2.33. The molecule has 1 fully saturated rings. The number of piperazine rings is 1. The second-order valence-corrected chi connectivity index (χ2v) is 4.86. The molecule has 1 aliphatic heterocycles. The maximum absolute atomic E-state index is 12.3. The first-order valence-electron chi connectivity index (χ1n) is 7.06. The van der Waals surface area contributed by atoms with Crippen molar-refractivity contribution in [2.45, 2.75) is 19.4 Å². The second-order valence-electron chi connectivity index (χ2n) is 4.86. The standard InChI is InChI=1S/C16H20N2O3/c1-3-14-16(20)17-9-10-18(14)15(19)8-7-12-5-4-6-13(11-12)21-2/h4-8,11,14H,3,9-10H2,1-2H3,(H,17,20). The number of carbonyl (C=O) groups is 2. The molecule has 1 heterocycles. The van der Waals surface area contributed by atoms with Crippen molar-refractivity contribution in [3.63, 3.8) is 0 Å². The molecule has 5 nitrogen and oxygen atoms in total. The minimum absolute atomic E-state index is 0.0770. The van der Waals surface area contributed by atoms with E-state index in [2.05, 4.69) is 5.32 Å². The maximum Gasteiger partial charge on any atom is 0.247 e. The second kappa shape index (κ2) is 6.92. The molecule has 0 aromatic heterocycles. The third-order valence-electron chi connectivity index (χ3n) is 3.51. The Morgan fingerprint density at radius 3 is 3.05 bits per heavy atom. The van der Waals surface area contributed by atoms with Crippen LogP contribution in [-0.2, 0) is 9.59 Å². The molecule has 1 aromatic rings. The van der Waals surface area contributed by atoms with Crippen molar-refractivity contribution >= 4 is 17.9 Å². The van der Waals surface area contributed by atoms with Gasteiger partial charge in [-0.25, -0.2) is 0 Å². The van der Waals surface area contributed by atoms with Gasteiger partial charge in [0.05, 0.1) is 7.11 Å². The smallest absolute Gasteiger partial charge is 0.247 e. The van der Waals surface area contributed by atoms with E-state index in [0.717, 1.165) is 11.3 Å². The highest BCUT2D eigenvalue weighted by atomic mass is 16.5. The number of nitrogens with zero attached hydrogens (tertiary/aromatic N) is 1. The summed E-state index contributed by atoms with van der Waals surface area (Å²) in [6.07, 6.45) is 3.87. The average Bonchev–Trinajstić information content (AvgIpc) is 2.52. The summed E-state index contributed by atoms with van der Waals surface area (Å²) in [6, 6.07) is 7.09. The molecule has 1 aliphatic rings. The van der Waals surface area contributed by atoms with Crippen LogP contribution in [0.1, 0.15) is 18.9 Å². The van der Waals surface area contributed by atoms with Gasteiger partial charge in [-0.3, -0.25) is 9.59 Å².